The summed E-state index contributed by atoms with van der Waals surface area (Å²) in [4.78, 5) is 6.81. The molecule has 0 aromatic carbocycles. The van der Waals surface area contributed by atoms with Gasteiger partial charge in [-0.1, -0.05) is 0 Å². The summed E-state index contributed by atoms with van der Waals surface area (Å²) in [6.07, 6.45) is 6.07. The molecule has 0 saturated carbocycles. The molecular formula is C10H20N2. The Bertz CT molecular complexity index is 150. The number of aliphatic imine (C=N–C) groups is 1. The molecule has 1 rings (SSSR count). The van der Waals surface area contributed by atoms with E-state index in [1.807, 2.05) is 6.34 Å². The molecule has 0 N–H and O–H groups in total. The average molecular weight is 168 g/mol. The first kappa shape index (κ1) is 9.56. The molecule has 0 atom stereocenters. The topological polar surface area (TPSA) is 15.6 Å². The lowest BCUT2D eigenvalue weighted by Gasteiger charge is -2.25. The highest BCUT2D eigenvalue weighted by molar-refractivity contribution is 5.55. The van der Waals surface area contributed by atoms with E-state index < -0.39 is 0 Å². The summed E-state index contributed by atoms with van der Waals surface area (Å²) in [5.74, 6) is 0. The first-order chi connectivity index (χ1) is 5.58. The molecule has 2 nitrogen and oxygen atoms in total. The van der Waals surface area contributed by atoms with Crippen molar-refractivity contribution < 1.29 is 0 Å². The van der Waals surface area contributed by atoms with Crippen LogP contribution in [0.4, 0.5) is 0 Å². The van der Waals surface area contributed by atoms with Crippen LogP contribution in [-0.4, -0.2) is 29.9 Å². The summed E-state index contributed by atoms with van der Waals surface area (Å²) in [5.41, 5.74) is 0.0808. The molecule has 12 heavy (non-hydrogen) atoms. The fraction of sp³-hybridized carbons (Fsp3) is 0.900. The molecule has 0 aromatic rings. The van der Waals surface area contributed by atoms with E-state index in [0.717, 1.165) is 0 Å². The normalized spacial score (nSPS) is 20.4. The molecule has 1 saturated heterocycles. The second kappa shape index (κ2) is 3.92. The van der Waals surface area contributed by atoms with Gasteiger partial charge in [-0.25, -0.2) is 0 Å². The van der Waals surface area contributed by atoms with Gasteiger partial charge in [-0.3, -0.25) is 4.99 Å². The fourth-order valence-electron chi connectivity index (χ4n) is 1.29. The van der Waals surface area contributed by atoms with Gasteiger partial charge in [-0.2, -0.15) is 0 Å². The number of likely N-dealkylation sites (tertiary alicyclic amines) is 1. The van der Waals surface area contributed by atoms with E-state index in [9.17, 15) is 0 Å². The molecular weight excluding hydrogens is 148 g/mol. The quantitative estimate of drug-likeness (QED) is 0.433. The zero-order chi connectivity index (χ0) is 9.03. The first-order valence-corrected chi connectivity index (χ1v) is 4.87. The van der Waals surface area contributed by atoms with Crippen molar-refractivity contribution in [1.29, 1.82) is 0 Å². The largest absolute Gasteiger partial charge is 0.363 e. The highest BCUT2D eigenvalue weighted by Gasteiger charge is 2.09. The Balaban J connectivity index is 2.33. The molecule has 1 aliphatic heterocycles. The summed E-state index contributed by atoms with van der Waals surface area (Å²) in [5, 5.41) is 0. The molecule has 0 unspecified atom stereocenters. The molecule has 0 aromatic heterocycles. The summed E-state index contributed by atoms with van der Waals surface area (Å²) in [6, 6.07) is 0. The fourth-order valence-corrected chi connectivity index (χ4v) is 1.29. The molecule has 0 spiro atoms. The van der Waals surface area contributed by atoms with E-state index in [1.54, 1.807) is 0 Å². The molecule has 0 aliphatic carbocycles. The molecule has 0 radical (unpaired) electrons. The van der Waals surface area contributed by atoms with Crippen LogP contribution in [-0.2, 0) is 0 Å². The van der Waals surface area contributed by atoms with Crippen molar-refractivity contribution in [1.82, 2.24) is 4.90 Å². The van der Waals surface area contributed by atoms with E-state index in [-0.39, 0.29) is 5.54 Å². The van der Waals surface area contributed by atoms with E-state index in [2.05, 4.69) is 30.7 Å². The van der Waals surface area contributed by atoms with Gasteiger partial charge in [0, 0.05) is 13.1 Å². The maximum atomic E-state index is 4.48. The number of hydrogen-bond donors (Lipinski definition) is 0. The van der Waals surface area contributed by atoms with Crippen molar-refractivity contribution in [2.75, 3.05) is 13.1 Å². The summed E-state index contributed by atoms with van der Waals surface area (Å²) >= 11 is 0. The second-order valence-corrected chi connectivity index (χ2v) is 4.51. The van der Waals surface area contributed by atoms with Gasteiger partial charge >= 0.3 is 0 Å². The molecule has 0 bridgehead atoms. The highest BCUT2D eigenvalue weighted by Crippen LogP contribution is 2.09. The molecule has 1 fully saturated rings. The minimum Gasteiger partial charge on any atom is -0.363 e. The third-order valence-electron chi connectivity index (χ3n) is 2.00. The van der Waals surface area contributed by atoms with Crippen LogP contribution in [0.2, 0.25) is 0 Å². The van der Waals surface area contributed by atoms with Crippen LogP contribution in [0.1, 0.15) is 40.0 Å². The number of rotatable bonds is 1. The van der Waals surface area contributed by atoms with Crippen LogP contribution in [0, 0.1) is 0 Å². The smallest absolute Gasteiger partial charge is 0.0856 e. The number of nitrogens with zero attached hydrogens (tertiary/aromatic N) is 2. The lowest BCUT2D eigenvalue weighted by atomic mass is 10.1. The van der Waals surface area contributed by atoms with Crippen LogP contribution >= 0.6 is 0 Å². The van der Waals surface area contributed by atoms with Gasteiger partial charge < -0.3 is 4.90 Å². The van der Waals surface area contributed by atoms with Crippen molar-refractivity contribution in [2.45, 2.75) is 45.6 Å². The predicted octanol–water partition coefficient (Wildman–Crippen LogP) is 2.30. The van der Waals surface area contributed by atoms with Gasteiger partial charge in [-0.05, 0) is 40.0 Å². The van der Waals surface area contributed by atoms with Gasteiger partial charge in [0.1, 0.15) is 0 Å². The minimum atomic E-state index is 0.0808. The van der Waals surface area contributed by atoms with Crippen molar-refractivity contribution in [3.63, 3.8) is 0 Å². The minimum absolute atomic E-state index is 0.0808. The van der Waals surface area contributed by atoms with E-state index in [4.69, 9.17) is 0 Å². The van der Waals surface area contributed by atoms with Crippen molar-refractivity contribution in [3.05, 3.63) is 0 Å². The van der Waals surface area contributed by atoms with Crippen LogP contribution in [0.5, 0.6) is 0 Å². The molecule has 2 heteroatoms. The molecule has 0 amide bonds. The Morgan fingerprint density at radius 2 is 1.67 bits per heavy atom. The predicted molar refractivity (Wildman–Crippen MR) is 53.7 cm³/mol. The van der Waals surface area contributed by atoms with Crippen LogP contribution in [0.3, 0.4) is 0 Å². The number of hydrogen-bond acceptors (Lipinski definition) is 1. The first-order valence-electron chi connectivity index (χ1n) is 4.87. The lowest BCUT2D eigenvalue weighted by molar-refractivity contribution is 0.347. The maximum absolute atomic E-state index is 4.48. The van der Waals surface area contributed by atoms with Gasteiger partial charge in [0.25, 0.3) is 0 Å². The van der Waals surface area contributed by atoms with Crippen molar-refractivity contribution >= 4 is 6.34 Å². The zero-order valence-electron chi connectivity index (χ0n) is 8.51. The average Bonchev–Trinajstić information content (AvgIpc) is 2.02. The lowest BCUT2D eigenvalue weighted by Crippen LogP contribution is -2.29. The monoisotopic (exact) mass is 168 g/mol. The molecule has 1 aliphatic rings. The van der Waals surface area contributed by atoms with E-state index in [0.29, 0.717) is 0 Å². The Kier molecular flexibility index (Phi) is 3.12. The second-order valence-electron chi connectivity index (χ2n) is 4.51. The van der Waals surface area contributed by atoms with E-state index in [1.165, 1.54) is 32.4 Å². The third kappa shape index (κ3) is 3.74. The van der Waals surface area contributed by atoms with Gasteiger partial charge in [-0.15, -0.1) is 0 Å². The SMILES string of the molecule is CC(C)(C)/N=C/N1CCCCC1. The van der Waals surface area contributed by atoms with Crippen molar-refractivity contribution in [3.8, 4) is 0 Å². The Morgan fingerprint density at radius 3 is 2.17 bits per heavy atom. The van der Waals surface area contributed by atoms with Crippen LogP contribution in [0.25, 0.3) is 0 Å². The zero-order valence-corrected chi connectivity index (χ0v) is 8.51. The Morgan fingerprint density at radius 1 is 1.08 bits per heavy atom. The Hall–Kier alpha value is -0.530. The Labute approximate surface area is 75.7 Å². The van der Waals surface area contributed by atoms with E-state index >= 15 is 0 Å². The van der Waals surface area contributed by atoms with Crippen LogP contribution < -0.4 is 0 Å². The summed E-state index contributed by atoms with van der Waals surface area (Å²) < 4.78 is 0. The van der Waals surface area contributed by atoms with Gasteiger partial charge in [0.15, 0.2) is 0 Å². The molecule has 70 valence electrons. The van der Waals surface area contributed by atoms with Crippen LogP contribution in [0.15, 0.2) is 4.99 Å². The third-order valence-corrected chi connectivity index (χ3v) is 2.00. The maximum Gasteiger partial charge on any atom is 0.0856 e. The summed E-state index contributed by atoms with van der Waals surface area (Å²) in [7, 11) is 0. The number of piperidine rings is 1. The highest BCUT2D eigenvalue weighted by atomic mass is 15.2. The molecule has 1 heterocycles. The standard InChI is InChI=1S/C10H20N2/c1-10(2,3)11-9-12-7-5-4-6-8-12/h9H,4-8H2,1-3H3/b11-9+. The van der Waals surface area contributed by atoms with Gasteiger partial charge in [0.2, 0.25) is 0 Å². The van der Waals surface area contributed by atoms with Crippen molar-refractivity contribution in [2.24, 2.45) is 4.99 Å². The van der Waals surface area contributed by atoms with Gasteiger partial charge in [0.05, 0.1) is 11.9 Å². The summed E-state index contributed by atoms with van der Waals surface area (Å²) in [6.45, 7) is 8.79.